The summed E-state index contributed by atoms with van der Waals surface area (Å²) in [7, 11) is 0. The predicted octanol–water partition coefficient (Wildman–Crippen LogP) is 2.83. The number of fused-ring (bicyclic) bond motifs is 1. The van der Waals surface area contributed by atoms with E-state index in [4.69, 9.17) is 5.11 Å². The Morgan fingerprint density at radius 1 is 1.53 bits per heavy atom. The number of carboxylic acid groups (broad SMARTS) is 1. The van der Waals surface area contributed by atoms with E-state index in [0.29, 0.717) is 5.39 Å². The normalized spacial score (nSPS) is 10.5. The van der Waals surface area contributed by atoms with Crippen LogP contribution in [0.1, 0.15) is 10.4 Å². The van der Waals surface area contributed by atoms with Gasteiger partial charge in [-0.2, -0.15) is 0 Å². The number of pyridine rings is 1. The van der Waals surface area contributed by atoms with Crippen LogP contribution in [0.25, 0.3) is 10.9 Å². The second-order valence-electron chi connectivity index (χ2n) is 2.92. The summed E-state index contributed by atoms with van der Waals surface area (Å²) in [6.45, 7) is 0. The molecule has 0 spiro atoms. The van der Waals surface area contributed by atoms with E-state index in [-0.39, 0.29) is 15.6 Å². The van der Waals surface area contributed by atoms with Gasteiger partial charge in [-0.15, -0.1) is 0 Å². The smallest absolute Gasteiger partial charge is 0.338 e. The van der Waals surface area contributed by atoms with Gasteiger partial charge in [-0.1, -0.05) is 6.07 Å². The molecule has 1 aromatic heterocycles. The maximum Gasteiger partial charge on any atom is 0.338 e. The molecule has 0 aliphatic carbocycles. The van der Waals surface area contributed by atoms with Crippen LogP contribution in [-0.2, 0) is 0 Å². The van der Waals surface area contributed by atoms with Crippen molar-refractivity contribution in [3.8, 4) is 0 Å². The van der Waals surface area contributed by atoms with Crippen molar-refractivity contribution in [3.63, 3.8) is 0 Å². The lowest BCUT2D eigenvalue weighted by Gasteiger charge is -2.04. The molecule has 76 valence electrons. The Hall–Kier alpha value is -1.49. The molecule has 1 aromatic carbocycles. The fourth-order valence-electron chi connectivity index (χ4n) is 1.35. The molecule has 2 aromatic rings. The van der Waals surface area contributed by atoms with Crippen LogP contribution in [0.4, 0.5) is 4.39 Å². The van der Waals surface area contributed by atoms with Gasteiger partial charge in [0.1, 0.15) is 5.82 Å². The summed E-state index contributed by atoms with van der Waals surface area (Å²) in [5, 5.41) is 9.33. The van der Waals surface area contributed by atoms with E-state index < -0.39 is 11.8 Å². The number of nitrogens with zero attached hydrogens (tertiary/aromatic N) is 1. The van der Waals surface area contributed by atoms with Gasteiger partial charge in [-0.3, -0.25) is 4.98 Å². The molecule has 2 rings (SSSR count). The highest BCUT2D eigenvalue weighted by atomic mass is 79.9. The van der Waals surface area contributed by atoms with E-state index in [1.807, 2.05) is 0 Å². The molecule has 1 N–H and O–H groups in total. The van der Waals surface area contributed by atoms with Crippen LogP contribution in [0, 0.1) is 5.82 Å². The highest BCUT2D eigenvalue weighted by Crippen LogP contribution is 2.28. The standard InChI is InChI=1S/C10H5BrFNO2/c11-8-5-2-1-3-13-9(5)6(10(14)15)4-7(8)12/h1-4H,(H,14,15). The largest absolute Gasteiger partial charge is 0.478 e. The molecule has 5 heteroatoms. The number of aromatic carboxylic acids is 1. The Bertz CT molecular complexity index is 556. The average molecular weight is 270 g/mol. The van der Waals surface area contributed by atoms with Crippen molar-refractivity contribution in [1.82, 2.24) is 4.98 Å². The summed E-state index contributed by atoms with van der Waals surface area (Å²) in [5.74, 6) is -1.79. The van der Waals surface area contributed by atoms with E-state index in [0.717, 1.165) is 6.07 Å². The van der Waals surface area contributed by atoms with Gasteiger partial charge in [-0.25, -0.2) is 9.18 Å². The first-order chi connectivity index (χ1) is 7.11. The number of carboxylic acids is 1. The number of hydrogen-bond acceptors (Lipinski definition) is 2. The van der Waals surface area contributed by atoms with Gasteiger partial charge in [0, 0.05) is 11.6 Å². The number of halogens is 2. The number of aromatic nitrogens is 1. The van der Waals surface area contributed by atoms with Gasteiger partial charge in [0.25, 0.3) is 0 Å². The number of carbonyl (C=O) groups is 1. The Balaban J connectivity index is 2.94. The molecule has 3 nitrogen and oxygen atoms in total. The first-order valence-electron chi connectivity index (χ1n) is 4.07. The Morgan fingerprint density at radius 3 is 2.93 bits per heavy atom. The zero-order valence-electron chi connectivity index (χ0n) is 7.37. The molecule has 0 saturated heterocycles. The maximum atomic E-state index is 13.3. The molecule has 0 bridgehead atoms. The fourth-order valence-corrected chi connectivity index (χ4v) is 1.78. The quantitative estimate of drug-likeness (QED) is 0.866. The van der Waals surface area contributed by atoms with E-state index in [1.165, 1.54) is 6.20 Å². The number of rotatable bonds is 1. The minimum absolute atomic E-state index is 0.133. The predicted molar refractivity (Wildman–Crippen MR) is 56.4 cm³/mol. The van der Waals surface area contributed by atoms with E-state index in [9.17, 15) is 9.18 Å². The summed E-state index contributed by atoms with van der Waals surface area (Å²) in [6, 6.07) is 4.20. The van der Waals surface area contributed by atoms with Gasteiger partial charge in [-0.05, 0) is 28.1 Å². The highest BCUT2D eigenvalue weighted by molar-refractivity contribution is 9.10. The third kappa shape index (κ3) is 1.59. The first-order valence-corrected chi connectivity index (χ1v) is 4.86. The molecule has 0 fully saturated rings. The zero-order chi connectivity index (χ0) is 11.0. The number of benzene rings is 1. The summed E-state index contributed by atoms with van der Waals surface area (Å²) in [6.07, 6.45) is 1.47. The van der Waals surface area contributed by atoms with Crippen LogP contribution < -0.4 is 0 Å². The zero-order valence-corrected chi connectivity index (χ0v) is 8.95. The van der Waals surface area contributed by atoms with Crippen molar-refractivity contribution in [1.29, 1.82) is 0 Å². The minimum atomic E-state index is -1.19. The molecule has 0 atom stereocenters. The SMILES string of the molecule is O=C(O)c1cc(F)c(Br)c2cccnc12. The second-order valence-corrected chi connectivity index (χ2v) is 3.72. The van der Waals surface area contributed by atoms with Gasteiger partial charge < -0.3 is 5.11 Å². The monoisotopic (exact) mass is 269 g/mol. The lowest BCUT2D eigenvalue weighted by molar-refractivity contribution is 0.0698. The van der Waals surface area contributed by atoms with Crippen molar-refractivity contribution in [2.45, 2.75) is 0 Å². The average Bonchev–Trinajstić information content (AvgIpc) is 2.23. The van der Waals surface area contributed by atoms with Crippen LogP contribution in [0.3, 0.4) is 0 Å². The van der Waals surface area contributed by atoms with Crippen molar-refractivity contribution < 1.29 is 14.3 Å². The molecule has 0 aliphatic rings. The van der Waals surface area contributed by atoms with Crippen LogP contribution in [-0.4, -0.2) is 16.1 Å². The van der Waals surface area contributed by atoms with Crippen molar-refractivity contribution in [2.75, 3.05) is 0 Å². The Morgan fingerprint density at radius 2 is 2.27 bits per heavy atom. The molecule has 15 heavy (non-hydrogen) atoms. The van der Waals surface area contributed by atoms with Crippen molar-refractivity contribution >= 4 is 32.8 Å². The topological polar surface area (TPSA) is 50.2 Å². The molecular formula is C10H5BrFNO2. The highest BCUT2D eigenvalue weighted by Gasteiger charge is 2.15. The van der Waals surface area contributed by atoms with E-state index >= 15 is 0 Å². The first kappa shape index (κ1) is 10.0. The third-order valence-corrected chi connectivity index (χ3v) is 2.82. The third-order valence-electron chi connectivity index (χ3n) is 2.01. The summed E-state index contributed by atoms with van der Waals surface area (Å²) < 4.78 is 13.6. The van der Waals surface area contributed by atoms with Crippen molar-refractivity contribution in [3.05, 3.63) is 40.2 Å². The molecule has 0 saturated carbocycles. The van der Waals surface area contributed by atoms with Crippen LogP contribution in [0.5, 0.6) is 0 Å². The van der Waals surface area contributed by atoms with Gasteiger partial charge in [0.15, 0.2) is 0 Å². The maximum absolute atomic E-state index is 13.3. The minimum Gasteiger partial charge on any atom is -0.478 e. The fraction of sp³-hybridized carbons (Fsp3) is 0. The van der Waals surface area contributed by atoms with Gasteiger partial charge >= 0.3 is 5.97 Å². The Labute approximate surface area is 92.7 Å². The summed E-state index contributed by atoms with van der Waals surface area (Å²) >= 11 is 3.06. The lowest BCUT2D eigenvalue weighted by Crippen LogP contribution is -2.00. The second kappa shape index (κ2) is 3.58. The molecule has 0 amide bonds. The summed E-state index contributed by atoms with van der Waals surface area (Å²) in [4.78, 5) is 14.8. The molecule has 0 unspecified atom stereocenters. The van der Waals surface area contributed by atoms with Crippen molar-refractivity contribution in [2.24, 2.45) is 0 Å². The van der Waals surface area contributed by atoms with Crippen LogP contribution in [0.15, 0.2) is 28.9 Å². The van der Waals surface area contributed by atoms with E-state index in [1.54, 1.807) is 12.1 Å². The number of hydrogen-bond donors (Lipinski definition) is 1. The Kier molecular flexibility index (Phi) is 2.40. The molecule has 1 heterocycles. The molecule has 0 aliphatic heterocycles. The summed E-state index contributed by atoms with van der Waals surface area (Å²) in [5.41, 5.74) is 0.143. The lowest BCUT2D eigenvalue weighted by atomic mass is 10.1. The van der Waals surface area contributed by atoms with Crippen LogP contribution in [0.2, 0.25) is 0 Å². The van der Waals surface area contributed by atoms with Gasteiger partial charge in [0.2, 0.25) is 0 Å². The van der Waals surface area contributed by atoms with Gasteiger partial charge in [0.05, 0.1) is 15.6 Å². The molecule has 0 radical (unpaired) electrons. The van der Waals surface area contributed by atoms with E-state index in [2.05, 4.69) is 20.9 Å². The van der Waals surface area contributed by atoms with Crippen LogP contribution >= 0.6 is 15.9 Å². The molecular weight excluding hydrogens is 265 g/mol.